The number of benzene rings is 2. The van der Waals surface area contributed by atoms with E-state index in [1.807, 2.05) is 0 Å². The van der Waals surface area contributed by atoms with Gasteiger partial charge in [0.05, 0.1) is 19.8 Å². The van der Waals surface area contributed by atoms with Gasteiger partial charge >= 0.3 is 12.1 Å². The maximum absolute atomic E-state index is 12.7. The van der Waals surface area contributed by atoms with Crippen molar-refractivity contribution < 1.29 is 32.2 Å². The second-order valence-corrected chi connectivity index (χ2v) is 5.51. The molecule has 0 N–H and O–H groups in total. The third-order valence-electron chi connectivity index (χ3n) is 3.74. The van der Waals surface area contributed by atoms with E-state index < -0.39 is 17.7 Å². The minimum atomic E-state index is -4.43. The van der Waals surface area contributed by atoms with Crippen molar-refractivity contribution in [2.24, 2.45) is 0 Å². The lowest BCUT2D eigenvalue weighted by Gasteiger charge is -2.12. The van der Waals surface area contributed by atoms with E-state index in [0.717, 1.165) is 17.7 Å². The van der Waals surface area contributed by atoms with Gasteiger partial charge in [0.25, 0.3) is 0 Å². The number of ether oxygens (including phenoxy) is 3. The Hall–Kier alpha value is -2.70. The first-order valence-corrected chi connectivity index (χ1v) is 7.86. The van der Waals surface area contributed by atoms with Gasteiger partial charge < -0.3 is 14.2 Å². The normalized spacial score (nSPS) is 11.1. The van der Waals surface area contributed by atoms with Crippen molar-refractivity contribution in [3.05, 3.63) is 59.2 Å². The highest BCUT2D eigenvalue weighted by atomic mass is 19.4. The summed E-state index contributed by atoms with van der Waals surface area (Å²) in [6.07, 6.45) is -3.99. The predicted molar refractivity (Wildman–Crippen MR) is 89.1 cm³/mol. The van der Waals surface area contributed by atoms with Gasteiger partial charge in [-0.1, -0.05) is 24.3 Å². The summed E-state index contributed by atoms with van der Waals surface area (Å²) in [6.45, 7) is -0.210. The Morgan fingerprint density at radius 2 is 1.77 bits per heavy atom. The van der Waals surface area contributed by atoms with Crippen LogP contribution in [0.5, 0.6) is 11.5 Å². The van der Waals surface area contributed by atoms with E-state index in [1.54, 1.807) is 18.2 Å². The average Bonchev–Trinajstić information content (AvgIpc) is 2.63. The molecule has 4 nitrogen and oxygen atoms in total. The molecule has 2 aromatic carbocycles. The van der Waals surface area contributed by atoms with Gasteiger partial charge in [-0.15, -0.1) is 0 Å². The lowest BCUT2D eigenvalue weighted by Crippen LogP contribution is -2.08. The van der Waals surface area contributed by atoms with E-state index in [9.17, 15) is 18.0 Å². The first-order chi connectivity index (χ1) is 12.3. The Morgan fingerprint density at radius 1 is 1.04 bits per heavy atom. The summed E-state index contributed by atoms with van der Waals surface area (Å²) in [6, 6.07) is 10.0. The first-order valence-electron chi connectivity index (χ1n) is 7.86. The summed E-state index contributed by atoms with van der Waals surface area (Å²) < 4.78 is 53.6. The van der Waals surface area contributed by atoms with Gasteiger partial charge in [-0.05, 0) is 35.7 Å². The number of halogens is 3. The average molecular weight is 368 g/mol. The van der Waals surface area contributed by atoms with Gasteiger partial charge in [-0.3, -0.25) is 4.79 Å². The standard InChI is InChI=1S/C19H19F3O4/c1-24-16-8-4-6-14(18(16)25-2)9-10-17(23)26-12-13-5-3-7-15(11-13)19(20,21)22/h3-8,11H,9-10,12H2,1-2H3. The molecule has 2 rings (SSSR count). The molecule has 0 aliphatic rings. The van der Waals surface area contributed by atoms with Crippen LogP contribution in [-0.4, -0.2) is 20.2 Å². The Bertz CT molecular complexity index is 757. The summed E-state index contributed by atoms with van der Waals surface area (Å²) in [5.41, 5.74) is 0.294. The zero-order valence-electron chi connectivity index (χ0n) is 14.4. The maximum Gasteiger partial charge on any atom is 0.416 e. The molecule has 0 spiro atoms. The Balaban J connectivity index is 1.92. The Labute approximate surface area is 149 Å². The highest BCUT2D eigenvalue weighted by Gasteiger charge is 2.30. The van der Waals surface area contributed by atoms with Gasteiger partial charge in [-0.25, -0.2) is 0 Å². The maximum atomic E-state index is 12.7. The van der Waals surface area contributed by atoms with E-state index in [2.05, 4.69) is 0 Å². The van der Waals surface area contributed by atoms with Crippen LogP contribution in [0.2, 0.25) is 0 Å². The summed E-state index contributed by atoms with van der Waals surface area (Å²) in [7, 11) is 3.03. The molecule has 7 heteroatoms. The lowest BCUT2D eigenvalue weighted by molar-refractivity contribution is -0.144. The highest BCUT2D eigenvalue weighted by molar-refractivity contribution is 5.70. The number of carbonyl (C=O) groups is 1. The van der Waals surface area contributed by atoms with Crippen molar-refractivity contribution in [1.82, 2.24) is 0 Å². The molecule has 0 radical (unpaired) electrons. The molecule has 0 aromatic heterocycles. The minimum absolute atomic E-state index is 0.0719. The van der Waals surface area contributed by atoms with Crippen molar-refractivity contribution in [2.75, 3.05) is 14.2 Å². The van der Waals surface area contributed by atoms with E-state index in [1.165, 1.54) is 26.4 Å². The molecule has 0 atom stereocenters. The fourth-order valence-electron chi connectivity index (χ4n) is 2.46. The van der Waals surface area contributed by atoms with Crippen LogP contribution in [0.15, 0.2) is 42.5 Å². The SMILES string of the molecule is COc1cccc(CCC(=O)OCc2cccc(C(F)(F)F)c2)c1OC. The van der Waals surface area contributed by atoms with Crippen molar-refractivity contribution in [2.45, 2.75) is 25.6 Å². The molecule has 140 valence electrons. The Morgan fingerprint density at radius 3 is 2.42 bits per heavy atom. The number of methoxy groups -OCH3 is 2. The number of para-hydroxylation sites is 1. The van der Waals surface area contributed by atoms with E-state index in [0.29, 0.717) is 17.9 Å². The molecule has 0 saturated heterocycles. The number of alkyl halides is 3. The van der Waals surface area contributed by atoms with Crippen molar-refractivity contribution in [1.29, 1.82) is 0 Å². The topological polar surface area (TPSA) is 44.8 Å². The molecule has 0 aliphatic heterocycles. The summed E-state index contributed by atoms with van der Waals surface area (Å²) in [5.74, 6) is 0.593. The Kier molecular flexibility index (Phi) is 6.49. The molecular weight excluding hydrogens is 349 g/mol. The van der Waals surface area contributed by atoms with Gasteiger partial charge in [-0.2, -0.15) is 13.2 Å². The van der Waals surface area contributed by atoms with E-state index in [4.69, 9.17) is 14.2 Å². The second kappa shape index (κ2) is 8.60. The molecule has 26 heavy (non-hydrogen) atoms. The molecule has 0 unspecified atom stereocenters. The number of hydrogen-bond donors (Lipinski definition) is 0. The molecule has 0 saturated carbocycles. The lowest BCUT2D eigenvalue weighted by atomic mass is 10.1. The smallest absolute Gasteiger partial charge is 0.416 e. The van der Waals surface area contributed by atoms with Crippen molar-refractivity contribution in [3.63, 3.8) is 0 Å². The van der Waals surface area contributed by atoms with Gasteiger partial charge in [0, 0.05) is 6.42 Å². The molecule has 0 amide bonds. The monoisotopic (exact) mass is 368 g/mol. The molecule has 0 heterocycles. The molecule has 0 fully saturated rings. The van der Waals surface area contributed by atoms with Crippen LogP contribution in [0.3, 0.4) is 0 Å². The van der Waals surface area contributed by atoms with Gasteiger partial charge in [0.2, 0.25) is 0 Å². The largest absolute Gasteiger partial charge is 0.493 e. The molecule has 2 aromatic rings. The molecule has 0 bridgehead atoms. The zero-order valence-corrected chi connectivity index (χ0v) is 14.4. The predicted octanol–water partition coefficient (Wildman–Crippen LogP) is 4.40. The number of aryl methyl sites for hydroxylation is 1. The van der Waals surface area contributed by atoms with Crippen LogP contribution in [0.4, 0.5) is 13.2 Å². The molecule has 0 aliphatic carbocycles. The van der Waals surface area contributed by atoms with Gasteiger partial charge in [0.15, 0.2) is 11.5 Å². The highest BCUT2D eigenvalue weighted by Crippen LogP contribution is 2.32. The van der Waals surface area contributed by atoms with E-state index >= 15 is 0 Å². The van der Waals surface area contributed by atoms with Crippen molar-refractivity contribution in [3.8, 4) is 11.5 Å². The van der Waals surface area contributed by atoms with Crippen LogP contribution in [0, 0.1) is 0 Å². The fraction of sp³-hybridized carbons (Fsp3) is 0.316. The number of esters is 1. The van der Waals surface area contributed by atoms with Crippen LogP contribution in [0.25, 0.3) is 0 Å². The number of hydrogen-bond acceptors (Lipinski definition) is 4. The van der Waals surface area contributed by atoms with Gasteiger partial charge in [0.1, 0.15) is 6.61 Å². The van der Waals surface area contributed by atoms with Crippen LogP contribution >= 0.6 is 0 Å². The van der Waals surface area contributed by atoms with E-state index in [-0.39, 0.29) is 18.6 Å². The minimum Gasteiger partial charge on any atom is -0.493 e. The zero-order chi connectivity index (χ0) is 19.2. The summed E-state index contributed by atoms with van der Waals surface area (Å²) in [4.78, 5) is 11.9. The quantitative estimate of drug-likeness (QED) is 0.680. The molecular formula is C19H19F3O4. The fourth-order valence-corrected chi connectivity index (χ4v) is 2.46. The third-order valence-corrected chi connectivity index (χ3v) is 3.74. The first kappa shape index (κ1) is 19.6. The third kappa shape index (κ3) is 5.15. The number of rotatable bonds is 7. The van der Waals surface area contributed by atoms with Crippen LogP contribution in [-0.2, 0) is 28.7 Å². The van der Waals surface area contributed by atoms with Crippen molar-refractivity contribution >= 4 is 5.97 Å². The van der Waals surface area contributed by atoms with Crippen LogP contribution in [0.1, 0.15) is 23.1 Å². The second-order valence-electron chi connectivity index (χ2n) is 5.51. The summed E-state index contributed by atoms with van der Waals surface area (Å²) in [5, 5.41) is 0. The number of carbonyl (C=O) groups excluding carboxylic acids is 1. The summed E-state index contributed by atoms with van der Waals surface area (Å²) >= 11 is 0. The van der Waals surface area contributed by atoms with Crippen LogP contribution < -0.4 is 9.47 Å².